The molecule has 0 saturated carbocycles. The first-order chi connectivity index (χ1) is 11.6. The van der Waals surface area contributed by atoms with E-state index in [1.54, 1.807) is 6.92 Å². The van der Waals surface area contributed by atoms with Gasteiger partial charge in [-0.05, 0) is 36.8 Å². The Labute approximate surface area is 142 Å². The number of aromatic hydroxyl groups is 1. The third-order valence-electron chi connectivity index (χ3n) is 3.89. The lowest BCUT2D eigenvalue weighted by molar-refractivity contribution is -0.264. The van der Waals surface area contributed by atoms with Crippen LogP contribution in [0, 0.1) is 6.92 Å². The van der Waals surface area contributed by atoms with Gasteiger partial charge < -0.3 is 14.9 Å². The lowest BCUT2D eigenvalue weighted by atomic mass is 9.86. The van der Waals surface area contributed by atoms with Crippen molar-refractivity contribution in [3.05, 3.63) is 59.2 Å². The summed E-state index contributed by atoms with van der Waals surface area (Å²) in [5.41, 5.74) is -3.60. The number of aliphatic hydroxyl groups is 1. The molecule has 25 heavy (non-hydrogen) atoms. The van der Waals surface area contributed by atoms with Gasteiger partial charge in [-0.15, -0.1) is 0 Å². The average molecular weight is 354 g/mol. The number of hydrogen-bond donors (Lipinski definition) is 2. The van der Waals surface area contributed by atoms with E-state index in [0.29, 0.717) is 5.56 Å². The molecule has 0 fully saturated rings. The fourth-order valence-electron chi connectivity index (χ4n) is 2.45. The molecule has 0 aliphatic carbocycles. The van der Waals surface area contributed by atoms with Crippen LogP contribution in [0.1, 0.15) is 27.9 Å². The Morgan fingerprint density at radius 2 is 1.84 bits per heavy atom. The monoisotopic (exact) mass is 354 g/mol. The molecule has 4 nitrogen and oxygen atoms in total. The number of Topliss-reactive ketones (excluding diaryl/α,β-unsaturated/α-hetero) is 1. The fourth-order valence-corrected chi connectivity index (χ4v) is 2.45. The zero-order chi connectivity index (χ0) is 18.8. The molecule has 2 N–H and O–H groups in total. The third-order valence-corrected chi connectivity index (χ3v) is 3.89. The minimum Gasteiger partial charge on any atom is -0.507 e. The number of ether oxygens (including phenoxy) is 1. The summed E-state index contributed by atoms with van der Waals surface area (Å²) in [5.74, 6) is -1.35. The van der Waals surface area contributed by atoms with Gasteiger partial charge in [0.05, 0.1) is 19.1 Å². The molecule has 0 amide bonds. The third kappa shape index (κ3) is 3.76. The maximum absolute atomic E-state index is 13.6. The van der Waals surface area contributed by atoms with Gasteiger partial charge in [0.2, 0.25) is 0 Å². The van der Waals surface area contributed by atoms with E-state index < -0.39 is 35.3 Å². The zero-order valence-electron chi connectivity index (χ0n) is 13.6. The molecular weight excluding hydrogens is 337 g/mol. The zero-order valence-corrected chi connectivity index (χ0v) is 13.6. The van der Waals surface area contributed by atoms with Crippen LogP contribution in [-0.4, -0.2) is 29.3 Å². The van der Waals surface area contributed by atoms with Gasteiger partial charge in [-0.25, -0.2) is 0 Å². The van der Waals surface area contributed by atoms with E-state index in [0.717, 1.165) is 12.1 Å². The van der Waals surface area contributed by atoms with Gasteiger partial charge >= 0.3 is 6.18 Å². The molecule has 1 atom stereocenters. The van der Waals surface area contributed by atoms with Crippen molar-refractivity contribution < 1.29 is 32.9 Å². The van der Waals surface area contributed by atoms with E-state index in [1.165, 1.54) is 37.4 Å². The summed E-state index contributed by atoms with van der Waals surface area (Å²) in [7, 11) is 1.28. The summed E-state index contributed by atoms with van der Waals surface area (Å²) in [4.78, 5) is 12.4. The molecule has 0 saturated heterocycles. The van der Waals surface area contributed by atoms with E-state index >= 15 is 0 Å². The minimum absolute atomic E-state index is 0.117. The fraction of sp³-hybridized carbons (Fsp3) is 0.278. The number of carbonyl (C=O) groups excluding carboxylic acids is 1. The number of rotatable bonds is 5. The smallest absolute Gasteiger partial charge is 0.421 e. The second-order valence-corrected chi connectivity index (χ2v) is 5.71. The number of hydrogen-bond acceptors (Lipinski definition) is 4. The van der Waals surface area contributed by atoms with Crippen LogP contribution >= 0.6 is 0 Å². The van der Waals surface area contributed by atoms with E-state index in [-0.39, 0.29) is 11.3 Å². The topological polar surface area (TPSA) is 66.8 Å². The van der Waals surface area contributed by atoms with Crippen LogP contribution in [0.5, 0.6) is 11.5 Å². The molecule has 0 heterocycles. The van der Waals surface area contributed by atoms with Crippen molar-refractivity contribution in [2.75, 3.05) is 7.11 Å². The van der Waals surface area contributed by atoms with Crippen molar-refractivity contribution >= 4 is 5.78 Å². The van der Waals surface area contributed by atoms with Gasteiger partial charge in [0.25, 0.3) is 0 Å². The van der Waals surface area contributed by atoms with Crippen LogP contribution in [-0.2, 0) is 5.60 Å². The van der Waals surface area contributed by atoms with Crippen molar-refractivity contribution in [1.82, 2.24) is 0 Å². The molecular formula is C18H17F3O4. The molecule has 0 unspecified atom stereocenters. The molecule has 2 aromatic carbocycles. The number of halogens is 3. The number of alkyl halides is 3. The van der Waals surface area contributed by atoms with Gasteiger partial charge in [0.1, 0.15) is 11.5 Å². The van der Waals surface area contributed by atoms with Crippen LogP contribution in [0.3, 0.4) is 0 Å². The van der Waals surface area contributed by atoms with Gasteiger partial charge in [0.15, 0.2) is 11.4 Å². The lowest BCUT2D eigenvalue weighted by Gasteiger charge is -2.30. The van der Waals surface area contributed by atoms with E-state index in [2.05, 4.69) is 0 Å². The second-order valence-electron chi connectivity index (χ2n) is 5.71. The highest BCUT2D eigenvalue weighted by molar-refractivity contribution is 5.99. The largest absolute Gasteiger partial charge is 0.507 e. The predicted octanol–water partition coefficient (Wildman–Crippen LogP) is 3.73. The highest BCUT2D eigenvalue weighted by atomic mass is 19.4. The molecule has 7 heteroatoms. The summed E-state index contributed by atoms with van der Waals surface area (Å²) in [5, 5.41) is 20.1. The van der Waals surface area contributed by atoms with Crippen LogP contribution in [0.15, 0.2) is 42.5 Å². The van der Waals surface area contributed by atoms with Crippen LogP contribution in [0.2, 0.25) is 0 Å². The van der Waals surface area contributed by atoms with Gasteiger partial charge in [-0.2, -0.15) is 13.2 Å². The normalized spacial score (nSPS) is 14.0. The molecule has 0 aliphatic heterocycles. The lowest BCUT2D eigenvalue weighted by Crippen LogP contribution is -2.44. The Balaban J connectivity index is 2.48. The quantitative estimate of drug-likeness (QED) is 0.803. The molecule has 0 aliphatic rings. The highest BCUT2D eigenvalue weighted by Crippen LogP contribution is 2.43. The standard InChI is InChI=1S/C18H17F3O4/c1-11-6-7-15(22)14(8-11)16(23)10-17(24,18(19,20)21)12-4-3-5-13(9-12)25-2/h3-9,22,24H,10H2,1-2H3/t17-/m0/s1. The molecule has 0 radical (unpaired) electrons. The number of benzene rings is 2. The Kier molecular flexibility index (Phi) is 5.08. The Bertz CT molecular complexity index is 786. The number of aryl methyl sites for hydroxylation is 1. The Morgan fingerprint density at radius 1 is 1.16 bits per heavy atom. The molecule has 0 aromatic heterocycles. The van der Waals surface area contributed by atoms with Gasteiger partial charge in [-0.1, -0.05) is 23.8 Å². The summed E-state index contributed by atoms with van der Waals surface area (Å²) < 4.78 is 45.6. The number of methoxy groups -OCH3 is 1. The number of ketones is 1. The minimum atomic E-state index is -5.10. The van der Waals surface area contributed by atoms with Crippen molar-refractivity contribution in [3.8, 4) is 11.5 Å². The summed E-state index contributed by atoms with van der Waals surface area (Å²) in [6, 6.07) is 8.83. The van der Waals surface area contributed by atoms with E-state index in [9.17, 15) is 28.2 Å². The Hall–Kier alpha value is -2.54. The first kappa shape index (κ1) is 18.8. The first-order valence-electron chi connectivity index (χ1n) is 7.35. The van der Waals surface area contributed by atoms with Crippen LogP contribution in [0.25, 0.3) is 0 Å². The average Bonchev–Trinajstić information content (AvgIpc) is 2.55. The Morgan fingerprint density at radius 3 is 2.44 bits per heavy atom. The molecule has 2 rings (SSSR count). The number of phenolic OH excluding ortho intramolecular Hbond substituents is 1. The maximum Gasteiger partial charge on any atom is 0.421 e. The predicted molar refractivity (Wildman–Crippen MR) is 84.7 cm³/mol. The van der Waals surface area contributed by atoms with Gasteiger partial charge in [0, 0.05) is 0 Å². The van der Waals surface area contributed by atoms with E-state index in [4.69, 9.17) is 4.74 Å². The molecule has 0 spiro atoms. The highest BCUT2D eigenvalue weighted by Gasteiger charge is 2.56. The van der Waals surface area contributed by atoms with Crippen molar-refractivity contribution in [1.29, 1.82) is 0 Å². The number of phenols is 1. The van der Waals surface area contributed by atoms with Crippen LogP contribution in [0.4, 0.5) is 13.2 Å². The summed E-state index contributed by atoms with van der Waals surface area (Å²) >= 11 is 0. The van der Waals surface area contributed by atoms with E-state index in [1.807, 2.05) is 0 Å². The second kappa shape index (κ2) is 6.76. The molecule has 0 bridgehead atoms. The summed E-state index contributed by atoms with van der Waals surface area (Å²) in [6.07, 6.45) is -6.37. The SMILES string of the molecule is COc1cccc([C@@](O)(CC(=O)c2cc(C)ccc2O)C(F)(F)F)c1. The molecule has 134 valence electrons. The van der Waals surface area contributed by atoms with Crippen molar-refractivity contribution in [3.63, 3.8) is 0 Å². The molecule has 2 aromatic rings. The van der Waals surface area contributed by atoms with Crippen molar-refractivity contribution in [2.24, 2.45) is 0 Å². The van der Waals surface area contributed by atoms with Crippen LogP contribution < -0.4 is 4.74 Å². The summed E-state index contributed by atoms with van der Waals surface area (Å²) in [6.45, 7) is 1.63. The maximum atomic E-state index is 13.6. The number of carbonyl (C=O) groups is 1. The first-order valence-corrected chi connectivity index (χ1v) is 7.35. The van der Waals surface area contributed by atoms with Crippen molar-refractivity contribution in [2.45, 2.75) is 25.1 Å². The van der Waals surface area contributed by atoms with Gasteiger partial charge in [-0.3, -0.25) is 4.79 Å².